The maximum Gasteiger partial charge on any atom is 0.168 e. The van der Waals surface area contributed by atoms with Crippen LogP contribution in [0.25, 0.3) is 10.5 Å². The Bertz CT molecular complexity index is 446. The lowest BCUT2D eigenvalue weighted by Crippen LogP contribution is -1.78. The van der Waals surface area contributed by atoms with E-state index in [1.54, 1.807) is 0 Å². The van der Waals surface area contributed by atoms with Crippen LogP contribution in [-0.2, 0) is 0 Å². The fourth-order valence-corrected chi connectivity index (χ4v) is 1.90. The smallest absolute Gasteiger partial charge is 0.168 e. The Morgan fingerprint density at radius 3 is 3.27 bits per heavy atom. The number of hydrogen-bond acceptors (Lipinski definition) is 4. The van der Waals surface area contributed by atoms with Gasteiger partial charge in [-0.3, -0.25) is 0 Å². The third-order valence-electron chi connectivity index (χ3n) is 1.12. The van der Waals surface area contributed by atoms with Gasteiger partial charge in [0.15, 0.2) is 14.4 Å². The first kappa shape index (κ1) is 7.15. The zero-order chi connectivity index (χ0) is 7.84. The molecule has 0 atom stereocenters. The number of H-pyrrole nitrogens is 1. The lowest BCUT2D eigenvalue weighted by molar-refractivity contribution is 1.26. The second-order valence-electron chi connectivity index (χ2n) is 1.86. The molecule has 3 nitrogen and oxygen atoms in total. The monoisotopic (exact) mass is 203 g/mol. The van der Waals surface area contributed by atoms with Crippen LogP contribution in [-0.4, -0.2) is 15.0 Å². The molecule has 0 aliphatic rings. The second kappa shape index (κ2) is 2.51. The zero-order valence-corrected chi connectivity index (χ0v) is 7.56. The number of nitrogens with one attached hydrogen (secondary N) is 1. The number of halogens is 1. The molecule has 0 amide bonds. The van der Waals surface area contributed by atoms with Crippen LogP contribution in [0, 0.1) is 3.95 Å². The summed E-state index contributed by atoms with van der Waals surface area (Å²) >= 11 is 11.9. The van der Waals surface area contributed by atoms with Crippen molar-refractivity contribution in [2.45, 2.75) is 0 Å². The molecule has 56 valence electrons. The Morgan fingerprint density at radius 1 is 1.64 bits per heavy atom. The first-order chi connectivity index (χ1) is 5.25. The van der Waals surface area contributed by atoms with Crippen molar-refractivity contribution in [3.63, 3.8) is 0 Å². The van der Waals surface area contributed by atoms with Crippen molar-refractivity contribution >= 4 is 45.6 Å². The molecular formula is C5H2ClN3S2. The van der Waals surface area contributed by atoms with Crippen molar-refractivity contribution < 1.29 is 0 Å². The number of aromatic nitrogens is 3. The Labute approximate surface area is 76.1 Å². The second-order valence-corrected chi connectivity index (χ2v) is 3.91. The van der Waals surface area contributed by atoms with E-state index >= 15 is 0 Å². The molecule has 0 unspecified atom stereocenters. The van der Waals surface area contributed by atoms with Crippen molar-refractivity contribution in [1.29, 1.82) is 0 Å². The van der Waals surface area contributed by atoms with Crippen LogP contribution in [0.4, 0.5) is 0 Å². The molecule has 11 heavy (non-hydrogen) atoms. The number of fused-ring (bicyclic) bond motifs is 1. The van der Waals surface area contributed by atoms with Gasteiger partial charge in [0.05, 0.1) is 6.20 Å². The summed E-state index contributed by atoms with van der Waals surface area (Å²) in [5.74, 6) is 0. The minimum Gasteiger partial charge on any atom is -0.320 e. The van der Waals surface area contributed by atoms with E-state index in [1.165, 1.54) is 17.5 Å². The highest BCUT2D eigenvalue weighted by atomic mass is 35.5. The molecule has 2 aromatic rings. The van der Waals surface area contributed by atoms with Crippen molar-refractivity contribution in [2.24, 2.45) is 0 Å². The van der Waals surface area contributed by atoms with Gasteiger partial charge in [0.1, 0.15) is 5.15 Å². The summed E-state index contributed by atoms with van der Waals surface area (Å²) in [7, 11) is 0. The lowest BCUT2D eigenvalue weighted by atomic mass is 10.7. The average Bonchev–Trinajstić information content (AvgIpc) is 2.27. The maximum atomic E-state index is 5.61. The quantitative estimate of drug-likeness (QED) is 0.669. The van der Waals surface area contributed by atoms with Gasteiger partial charge >= 0.3 is 0 Å². The van der Waals surface area contributed by atoms with E-state index < -0.39 is 0 Å². The summed E-state index contributed by atoms with van der Waals surface area (Å²) in [5.41, 5.74) is 0.699. The average molecular weight is 204 g/mol. The highest BCUT2D eigenvalue weighted by Gasteiger charge is 1.99. The molecule has 0 aromatic carbocycles. The van der Waals surface area contributed by atoms with Gasteiger partial charge in [0, 0.05) is 0 Å². The maximum absolute atomic E-state index is 5.61. The highest BCUT2D eigenvalue weighted by Crippen LogP contribution is 2.16. The van der Waals surface area contributed by atoms with Crippen molar-refractivity contribution in [1.82, 2.24) is 15.0 Å². The standard InChI is InChI=1S/C5H2ClN3S2/c6-2-1-7-3-4(8-2)11-5(10)9-3/h1H,(H,7,9,10). The molecule has 0 fully saturated rings. The Kier molecular flexibility index (Phi) is 1.63. The third kappa shape index (κ3) is 1.26. The SMILES string of the molecule is S=c1[nH]c2ncc(Cl)nc2s1. The summed E-state index contributed by atoms with van der Waals surface area (Å²) in [6.07, 6.45) is 1.49. The molecule has 6 heteroatoms. The highest BCUT2D eigenvalue weighted by molar-refractivity contribution is 7.73. The van der Waals surface area contributed by atoms with E-state index in [9.17, 15) is 0 Å². The van der Waals surface area contributed by atoms with Crippen molar-refractivity contribution in [3.05, 3.63) is 15.3 Å². The van der Waals surface area contributed by atoms with Crippen LogP contribution < -0.4 is 0 Å². The number of thiazole rings is 1. The fraction of sp³-hybridized carbons (Fsp3) is 0. The predicted octanol–water partition coefficient (Wildman–Crippen LogP) is 2.40. The van der Waals surface area contributed by atoms with Crippen molar-refractivity contribution in [2.75, 3.05) is 0 Å². The summed E-state index contributed by atoms with van der Waals surface area (Å²) in [6, 6.07) is 0. The first-order valence-electron chi connectivity index (χ1n) is 2.77. The molecule has 0 aliphatic carbocycles. The van der Waals surface area contributed by atoms with Gasteiger partial charge in [-0.1, -0.05) is 22.9 Å². The Balaban J connectivity index is 2.92. The topological polar surface area (TPSA) is 41.6 Å². The molecule has 0 spiro atoms. The molecule has 2 rings (SSSR count). The van der Waals surface area contributed by atoms with Crippen LogP contribution in [0.3, 0.4) is 0 Å². The Morgan fingerprint density at radius 2 is 2.45 bits per heavy atom. The molecule has 2 heterocycles. The van der Waals surface area contributed by atoms with E-state index in [2.05, 4.69) is 15.0 Å². The van der Waals surface area contributed by atoms with Gasteiger partial charge in [-0.05, 0) is 12.2 Å². The first-order valence-corrected chi connectivity index (χ1v) is 4.37. The molecule has 0 saturated heterocycles. The van der Waals surface area contributed by atoms with E-state index in [4.69, 9.17) is 23.8 Å². The molecule has 2 aromatic heterocycles. The number of rotatable bonds is 0. The molecule has 0 bridgehead atoms. The summed E-state index contributed by atoms with van der Waals surface area (Å²) < 4.78 is 0.669. The Hall–Kier alpha value is -0.520. The van der Waals surface area contributed by atoms with Crippen LogP contribution >= 0.6 is 35.2 Å². The zero-order valence-electron chi connectivity index (χ0n) is 5.17. The van der Waals surface area contributed by atoms with Gasteiger partial charge in [-0.15, -0.1) is 0 Å². The third-order valence-corrected chi connectivity index (χ3v) is 2.42. The summed E-state index contributed by atoms with van der Waals surface area (Å²) in [6.45, 7) is 0. The number of aromatic amines is 1. The lowest BCUT2D eigenvalue weighted by Gasteiger charge is -1.85. The normalized spacial score (nSPS) is 10.6. The van der Waals surface area contributed by atoms with E-state index in [0.29, 0.717) is 14.8 Å². The van der Waals surface area contributed by atoms with Crippen LogP contribution in [0.15, 0.2) is 6.20 Å². The van der Waals surface area contributed by atoms with Gasteiger partial charge in [-0.25, -0.2) is 9.97 Å². The molecular weight excluding hydrogens is 202 g/mol. The largest absolute Gasteiger partial charge is 0.320 e. The van der Waals surface area contributed by atoms with Gasteiger partial charge in [-0.2, -0.15) is 0 Å². The van der Waals surface area contributed by atoms with Crippen molar-refractivity contribution in [3.8, 4) is 0 Å². The van der Waals surface area contributed by atoms with Gasteiger partial charge < -0.3 is 4.98 Å². The van der Waals surface area contributed by atoms with E-state index in [0.717, 1.165) is 4.83 Å². The van der Waals surface area contributed by atoms with Crippen LogP contribution in [0.1, 0.15) is 0 Å². The fourth-order valence-electron chi connectivity index (χ4n) is 0.719. The van der Waals surface area contributed by atoms with Gasteiger partial charge in [0.25, 0.3) is 0 Å². The number of nitrogens with zero attached hydrogens (tertiary/aromatic N) is 2. The number of hydrogen-bond donors (Lipinski definition) is 1. The summed E-state index contributed by atoms with van der Waals surface area (Å²) in [5, 5.41) is 0.391. The van der Waals surface area contributed by atoms with E-state index in [1.807, 2.05) is 0 Å². The predicted molar refractivity (Wildman–Crippen MR) is 47.6 cm³/mol. The molecule has 1 N–H and O–H groups in total. The molecule has 0 radical (unpaired) electrons. The molecule has 0 aliphatic heterocycles. The summed E-state index contributed by atoms with van der Waals surface area (Å²) in [4.78, 5) is 11.7. The minimum absolute atomic E-state index is 0.391. The van der Waals surface area contributed by atoms with Gasteiger partial charge in [0.2, 0.25) is 0 Å². The van der Waals surface area contributed by atoms with Crippen LogP contribution in [0.2, 0.25) is 5.15 Å². The van der Waals surface area contributed by atoms with Crippen LogP contribution in [0.5, 0.6) is 0 Å². The minimum atomic E-state index is 0.391. The molecule has 0 saturated carbocycles. The van der Waals surface area contributed by atoms with E-state index in [-0.39, 0.29) is 0 Å².